The fourth-order valence-corrected chi connectivity index (χ4v) is 1.32. The van der Waals surface area contributed by atoms with Crippen molar-refractivity contribution >= 4 is 11.9 Å². The molecule has 3 N–H and O–H groups in total. The number of carboxylic acids is 1. The largest absolute Gasteiger partial charge is 0.480 e. The number of aliphatic hydroxyl groups is 1. The molecule has 0 bridgehead atoms. The smallest absolute Gasteiger partial charge is 0.401 e. The minimum Gasteiger partial charge on any atom is -0.480 e. The Kier molecular flexibility index (Phi) is 6.63. The minimum absolute atomic E-state index is 0.330. The molecule has 0 aliphatic heterocycles. The van der Waals surface area contributed by atoms with E-state index in [1.54, 1.807) is 0 Å². The molecule has 0 heterocycles. The maximum atomic E-state index is 12.2. The van der Waals surface area contributed by atoms with Gasteiger partial charge in [0.2, 0.25) is 5.91 Å². The summed E-state index contributed by atoms with van der Waals surface area (Å²) in [6.07, 6.45) is -4.51. The highest BCUT2D eigenvalue weighted by atomic mass is 19.4. The lowest BCUT2D eigenvalue weighted by molar-refractivity contribution is -0.153. The summed E-state index contributed by atoms with van der Waals surface area (Å²) in [5.74, 6) is -2.09. The van der Waals surface area contributed by atoms with Crippen molar-refractivity contribution in [1.29, 1.82) is 0 Å². The zero-order chi connectivity index (χ0) is 14.3. The number of aliphatic hydroxyl groups excluding tert-OH is 1. The van der Waals surface area contributed by atoms with E-state index >= 15 is 0 Å². The minimum atomic E-state index is -4.51. The molecule has 0 fully saturated rings. The number of alkyl halides is 3. The summed E-state index contributed by atoms with van der Waals surface area (Å²) in [5, 5.41) is 19.4. The van der Waals surface area contributed by atoms with Crippen molar-refractivity contribution < 1.29 is 33.0 Å². The number of halogens is 3. The summed E-state index contributed by atoms with van der Waals surface area (Å²) in [7, 11) is 0. The van der Waals surface area contributed by atoms with E-state index in [4.69, 9.17) is 10.2 Å². The second-order valence-electron chi connectivity index (χ2n) is 3.67. The standard InChI is InChI=1S/C9H15F3N2O4/c1-6(16)13-7(8(17)18)4-14(2-3-15)5-9(10,11)12/h7,15H,2-5H2,1H3,(H,13,16)(H,17,18). The highest BCUT2D eigenvalue weighted by molar-refractivity contribution is 5.82. The first kappa shape index (κ1) is 16.6. The maximum absolute atomic E-state index is 12.2. The van der Waals surface area contributed by atoms with Gasteiger partial charge in [-0.3, -0.25) is 9.69 Å². The van der Waals surface area contributed by atoms with Crippen LogP contribution in [0.25, 0.3) is 0 Å². The van der Waals surface area contributed by atoms with Crippen LogP contribution in [-0.4, -0.2) is 65.4 Å². The average Bonchev–Trinajstić information content (AvgIpc) is 2.13. The van der Waals surface area contributed by atoms with E-state index < -0.39 is 43.8 Å². The normalized spacial score (nSPS) is 13.4. The predicted octanol–water partition coefficient (Wildman–Crippen LogP) is -0.568. The third-order valence-corrected chi connectivity index (χ3v) is 1.94. The monoisotopic (exact) mass is 272 g/mol. The molecule has 0 saturated heterocycles. The van der Waals surface area contributed by atoms with Crippen molar-refractivity contribution in [2.75, 3.05) is 26.2 Å². The Balaban J connectivity index is 4.60. The molecule has 1 amide bonds. The summed E-state index contributed by atoms with van der Waals surface area (Å²) < 4.78 is 36.6. The van der Waals surface area contributed by atoms with Gasteiger partial charge in [-0.1, -0.05) is 0 Å². The van der Waals surface area contributed by atoms with Crippen LogP contribution in [0.2, 0.25) is 0 Å². The summed E-state index contributed by atoms with van der Waals surface area (Å²) in [4.78, 5) is 22.2. The van der Waals surface area contributed by atoms with Gasteiger partial charge in [-0.05, 0) is 0 Å². The highest BCUT2D eigenvalue weighted by Crippen LogP contribution is 2.16. The van der Waals surface area contributed by atoms with Crippen molar-refractivity contribution in [3.63, 3.8) is 0 Å². The fourth-order valence-electron chi connectivity index (χ4n) is 1.32. The van der Waals surface area contributed by atoms with Crippen molar-refractivity contribution in [2.45, 2.75) is 19.1 Å². The van der Waals surface area contributed by atoms with Gasteiger partial charge in [-0.15, -0.1) is 0 Å². The van der Waals surface area contributed by atoms with Crippen molar-refractivity contribution in [2.24, 2.45) is 0 Å². The van der Waals surface area contributed by atoms with Crippen LogP contribution in [0.3, 0.4) is 0 Å². The van der Waals surface area contributed by atoms with Gasteiger partial charge in [-0.25, -0.2) is 4.79 Å². The second kappa shape index (κ2) is 7.17. The summed E-state index contributed by atoms with van der Waals surface area (Å²) >= 11 is 0. The fraction of sp³-hybridized carbons (Fsp3) is 0.778. The molecule has 9 heteroatoms. The number of hydrogen-bond donors (Lipinski definition) is 3. The van der Waals surface area contributed by atoms with Gasteiger partial charge in [0.25, 0.3) is 0 Å². The van der Waals surface area contributed by atoms with Gasteiger partial charge in [0.05, 0.1) is 13.2 Å². The van der Waals surface area contributed by atoms with Crippen LogP contribution in [0.1, 0.15) is 6.92 Å². The van der Waals surface area contributed by atoms with E-state index in [9.17, 15) is 22.8 Å². The van der Waals surface area contributed by atoms with E-state index in [0.29, 0.717) is 4.90 Å². The summed E-state index contributed by atoms with van der Waals surface area (Å²) in [6, 6.07) is -1.45. The van der Waals surface area contributed by atoms with Crippen LogP contribution in [-0.2, 0) is 9.59 Å². The lowest BCUT2D eigenvalue weighted by atomic mass is 10.2. The molecule has 0 spiro atoms. The van der Waals surface area contributed by atoms with Crippen LogP contribution >= 0.6 is 0 Å². The van der Waals surface area contributed by atoms with Crippen LogP contribution in [0.15, 0.2) is 0 Å². The Morgan fingerprint density at radius 2 is 1.94 bits per heavy atom. The Morgan fingerprint density at radius 3 is 2.28 bits per heavy atom. The molecule has 0 radical (unpaired) electrons. The van der Waals surface area contributed by atoms with Crippen LogP contribution in [0.4, 0.5) is 13.2 Å². The number of amides is 1. The van der Waals surface area contributed by atoms with E-state index in [2.05, 4.69) is 0 Å². The number of carbonyl (C=O) groups is 2. The molecule has 1 unspecified atom stereocenters. The molecule has 106 valence electrons. The van der Waals surface area contributed by atoms with Crippen molar-refractivity contribution in [1.82, 2.24) is 10.2 Å². The summed E-state index contributed by atoms with van der Waals surface area (Å²) in [6.45, 7) is -1.69. The third kappa shape index (κ3) is 7.85. The topological polar surface area (TPSA) is 89.9 Å². The van der Waals surface area contributed by atoms with E-state index in [-0.39, 0.29) is 6.54 Å². The zero-order valence-electron chi connectivity index (χ0n) is 9.70. The Hall–Kier alpha value is -1.35. The van der Waals surface area contributed by atoms with E-state index in [1.165, 1.54) is 0 Å². The quantitative estimate of drug-likeness (QED) is 0.577. The Labute approximate surface area is 101 Å². The molecule has 0 saturated carbocycles. The first-order valence-corrected chi connectivity index (χ1v) is 5.05. The van der Waals surface area contributed by atoms with Gasteiger partial charge in [0, 0.05) is 20.0 Å². The van der Waals surface area contributed by atoms with Gasteiger partial charge in [-0.2, -0.15) is 13.2 Å². The first-order chi connectivity index (χ1) is 8.15. The number of hydrogen-bond acceptors (Lipinski definition) is 4. The second-order valence-corrected chi connectivity index (χ2v) is 3.67. The molecule has 18 heavy (non-hydrogen) atoms. The van der Waals surface area contributed by atoms with Crippen molar-refractivity contribution in [3.8, 4) is 0 Å². The average molecular weight is 272 g/mol. The molecular weight excluding hydrogens is 257 g/mol. The molecule has 6 nitrogen and oxygen atoms in total. The number of carboxylic acid groups (broad SMARTS) is 1. The predicted molar refractivity (Wildman–Crippen MR) is 54.8 cm³/mol. The van der Waals surface area contributed by atoms with Crippen LogP contribution in [0.5, 0.6) is 0 Å². The van der Waals surface area contributed by atoms with Crippen LogP contribution < -0.4 is 5.32 Å². The van der Waals surface area contributed by atoms with Gasteiger partial charge in [0.15, 0.2) is 0 Å². The number of nitrogens with zero attached hydrogens (tertiary/aromatic N) is 1. The Bertz CT molecular complexity index is 296. The van der Waals surface area contributed by atoms with E-state index in [1.807, 2.05) is 5.32 Å². The molecule has 0 aliphatic rings. The lowest BCUT2D eigenvalue weighted by Gasteiger charge is -2.25. The number of nitrogens with one attached hydrogen (secondary N) is 1. The zero-order valence-corrected chi connectivity index (χ0v) is 9.70. The molecule has 0 aromatic rings. The number of carbonyl (C=O) groups excluding carboxylic acids is 1. The molecule has 0 aromatic heterocycles. The molecular formula is C9H15F3N2O4. The van der Waals surface area contributed by atoms with Crippen molar-refractivity contribution in [3.05, 3.63) is 0 Å². The Morgan fingerprint density at radius 1 is 1.39 bits per heavy atom. The molecule has 0 rings (SSSR count). The number of aliphatic carboxylic acids is 1. The molecule has 0 aliphatic carbocycles. The summed E-state index contributed by atoms with van der Waals surface area (Å²) in [5.41, 5.74) is 0. The van der Waals surface area contributed by atoms with E-state index in [0.717, 1.165) is 6.92 Å². The highest BCUT2D eigenvalue weighted by Gasteiger charge is 2.32. The lowest BCUT2D eigenvalue weighted by Crippen LogP contribution is -2.50. The first-order valence-electron chi connectivity index (χ1n) is 5.05. The molecule has 0 aromatic carbocycles. The third-order valence-electron chi connectivity index (χ3n) is 1.94. The van der Waals surface area contributed by atoms with Gasteiger partial charge >= 0.3 is 12.1 Å². The van der Waals surface area contributed by atoms with Crippen LogP contribution in [0, 0.1) is 0 Å². The molecule has 1 atom stereocenters. The van der Waals surface area contributed by atoms with Gasteiger partial charge in [0.1, 0.15) is 6.04 Å². The van der Waals surface area contributed by atoms with Gasteiger partial charge < -0.3 is 15.5 Å². The number of rotatable bonds is 7. The SMILES string of the molecule is CC(=O)NC(CN(CCO)CC(F)(F)F)C(=O)O. The maximum Gasteiger partial charge on any atom is 0.401 e.